The van der Waals surface area contributed by atoms with Crippen molar-refractivity contribution in [3.63, 3.8) is 0 Å². The minimum Gasteiger partial charge on any atom is -0.367 e. The molecule has 3 unspecified atom stereocenters. The number of hydrogen-bond donors (Lipinski definition) is 1. The van der Waals surface area contributed by atoms with Crippen LogP contribution in [0, 0.1) is 18.8 Å². The van der Waals surface area contributed by atoms with Gasteiger partial charge in [0, 0.05) is 17.5 Å². The first kappa shape index (κ1) is 14.1. The fourth-order valence-electron chi connectivity index (χ4n) is 3.37. The molecule has 0 aromatic carbocycles. The Morgan fingerprint density at radius 1 is 1.20 bits per heavy atom. The van der Waals surface area contributed by atoms with E-state index in [9.17, 15) is 0 Å². The average Bonchev–Trinajstić information content (AvgIpc) is 3.21. The highest BCUT2D eigenvalue weighted by atomic mass is 35.5. The normalized spacial score (nSPS) is 29.7. The van der Waals surface area contributed by atoms with E-state index >= 15 is 0 Å². The minimum absolute atomic E-state index is 0.525. The lowest BCUT2D eigenvalue weighted by Crippen LogP contribution is -2.26. The third kappa shape index (κ3) is 2.65. The van der Waals surface area contributed by atoms with Crippen LogP contribution in [0.4, 0.5) is 5.82 Å². The van der Waals surface area contributed by atoms with E-state index in [1.54, 1.807) is 0 Å². The SMILES string of the molecule is CCC1CCC(Nc2nc(C3CC3)nc(Cl)c2C)C1C. The molecule has 1 aromatic rings. The molecule has 3 nitrogen and oxygen atoms in total. The van der Waals surface area contributed by atoms with Gasteiger partial charge in [-0.1, -0.05) is 31.9 Å². The Morgan fingerprint density at radius 3 is 2.55 bits per heavy atom. The van der Waals surface area contributed by atoms with Gasteiger partial charge in [-0.05, 0) is 44.4 Å². The quantitative estimate of drug-likeness (QED) is 0.828. The number of halogens is 1. The predicted octanol–water partition coefficient (Wildman–Crippen LogP) is 4.55. The van der Waals surface area contributed by atoms with Crippen LogP contribution in [0.1, 0.15) is 63.3 Å². The summed E-state index contributed by atoms with van der Waals surface area (Å²) in [6, 6.07) is 0.525. The van der Waals surface area contributed by atoms with Gasteiger partial charge in [0.15, 0.2) is 0 Å². The summed E-state index contributed by atoms with van der Waals surface area (Å²) < 4.78 is 0. The number of nitrogens with zero attached hydrogens (tertiary/aromatic N) is 2. The number of aromatic nitrogens is 2. The van der Waals surface area contributed by atoms with Crippen LogP contribution in [-0.2, 0) is 0 Å². The van der Waals surface area contributed by atoms with Crippen LogP contribution in [-0.4, -0.2) is 16.0 Å². The Balaban J connectivity index is 1.80. The molecule has 110 valence electrons. The lowest BCUT2D eigenvalue weighted by Gasteiger charge is -2.22. The maximum atomic E-state index is 6.28. The number of anilines is 1. The molecular weight excluding hydrogens is 270 g/mol. The van der Waals surface area contributed by atoms with E-state index in [1.807, 2.05) is 6.92 Å². The summed E-state index contributed by atoms with van der Waals surface area (Å²) in [5.41, 5.74) is 0.989. The standard InChI is InChI=1S/C16H24ClN3/c1-4-11-7-8-13(9(11)2)18-15-10(3)14(17)19-16(20-15)12-5-6-12/h9,11-13H,4-8H2,1-3H3,(H,18,19,20). The zero-order valence-electron chi connectivity index (χ0n) is 12.6. The predicted molar refractivity (Wildman–Crippen MR) is 83.3 cm³/mol. The summed E-state index contributed by atoms with van der Waals surface area (Å²) >= 11 is 6.28. The lowest BCUT2D eigenvalue weighted by atomic mass is 9.93. The van der Waals surface area contributed by atoms with Gasteiger partial charge in [-0.25, -0.2) is 9.97 Å². The van der Waals surface area contributed by atoms with E-state index in [1.165, 1.54) is 32.1 Å². The van der Waals surface area contributed by atoms with Gasteiger partial charge in [0.25, 0.3) is 0 Å². The molecule has 20 heavy (non-hydrogen) atoms. The topological polar surface area (TPSA) is 37.8 Å². The molecule has 2 aliphatic carbocycles. The summed E-state index contributed by atoms with van der Waals surface area (Å²) in [5, 5.41) is 4.26. The monoisotopic (exact) mass is 293 g/mol. The molecule has 0 saturated heterocycles. The maximum Gasteiger partial charge on any atom is 0.137 e. The molecule has 2 fully saturated rings. The molecule has 0 aliphatic heterocycles. The number of nitrogens with one attached hydrogen (secondary N) is 1. The second kappa shape index (κ2) is 5.51. The van der Waals surface area contributed by atoms with Crippen molar-refractivity contribution in [2.45, 2.75) is 64.8 Å². The Bertz CT molecular complexity index is 499. The molecule has 2 saturated carbocycles. The van der Waals surface area contributed by atoms with Crippen molar-refractivity contribution in [1.29, 1.82) is 0 Å². The molecule has 3 rings (SSSR count). The van der Waals surface area contributed by atoms with Gasteiger partial charge in [0.1, 0.15) is 16.8 Å². The molecule has 1 heterocycles. The molecule has 1 aromatic heterocycles. The van der Waals surface area contributed by atoms with E-state index in [0.717, 1.165) is 23.1 Å². The zero-order valence-corrected chi connectivity index (χ0v) is 13.4. The average molecular weight is 294 g/mol. The van der Waals surface area contributed by atoms with Gasteiger partial charge >= 0.3 is 0 Å². The third-order valence-electron chi connectivity index (χ3n) is 5.12. The van der Waals surface area contributed by atoms with Crippen LogP contribution in [0.15, 0.2) is 0 Å². The van der Waals surface area contributed by atoms with Crippen molar-refractivity contribution in [3.8, 4) is 0 Å². The first-order chi connectivity index (χ1) is 9.60. The molecule has 4 heteroatoms. The van der Waals surface area contributed by atoms with Gasteiger partial charge in [-0.3, -0.25) is 0 Å². The van der Waals surface area contributed by atoms with E-state index in [-0.39, 0.29) is 0 Å². The summed E-state index contributed by atoms with van der Waals surface area (Å²) in [5.74, 6) is 3.98. The highest BCUT2D eigenvalue weighted by molar-refractivity contribution is 6.30. The number of rotatable bonds is 4. The molecular formula is C16H24ClN3. The van der Waals surface area contributed by atoms with Crippen LogP contribution in [0.3, 0.4) is 0 Å². The molecule has 2 aliphatic rings. The number of hydrogen-bond acceptors (Lipinski definition) is 3. The minimum atomic E-state index is 0.525. The molecule has 0 bridgehead atoms. The van der Waals surface area contributed by atoms with Crippen molar-refractivity contribution in [2.75, 3.05) is 5.32 Å². The first-order valence-corrected chi connectivity index (χ1v) is 8.28. The maximum absolute atomic E-state index is 6.28. The fourth-order valence-corrected chi connectivity index (χ4v) is 3.55. The first-order valence-electron chi connectivity index (χ1n) is 7.90. The second-order valence-electron chi connectivity index (χ2n) is 6.48. The van der Waals surface area contributed by atoms with Crippen LogP contribution < -0.4 is 5.32 Å². The summed E-state index contributed by atoms with van der Waals surface area (Å²) in [6.07, 6.45) is 6.24. The fraction of sp³-hybridized carbons (Fsp3) is 0.750. The summed E-state index contributed by atoms with van der Waals surface area (Å²) in [6.45, 7) is 6.67. The van der Waals surface area contributed by atoms with Crippen LogP contribution in [0.5, 0.6) is 0 Å². The molecule has 3 atom stereocenters. The Morgan fingerprint density at radius 2 is 1.95 bits per heavy atom. The largest absolute Gasteiger partial charge is 0.367 e. The lowest BCUT2D eigenvalue weighted by molar-refractivity contribution is 0.391. The van der Waals surface area contributed by atoms with Crippen molar-refractivity contribution in [2.24, 2.45) is 11.8 Å². The Hall–Kier alpha value is -0.830. The van der Waals surface area contributed by atoms with Crippen molar-refractivity contribution in [1.82, 2.24) is 9.97 Å². The van der Waals surface area contributed by atoms with Gasteiger partial charge in [0.2, 0.25) is 0 Å². The highest BCUT2D eigenvalue weighted by Gasteiger charge is 2.33. The van der Waals surface area contributed by atoms with Gasteiger partial charge in [-0.15, -0.1) is 0 Å². The van der Waals surface area contributed by atoms with Crippen molar-refractivity contribution in [3.05, 3.63) is 16.5 Å². The van der Waals surface area contributed by atoms with E-state index < -0.39 is 0 Å². The third-order valence-corrected chi connectivity index (χ3v) is 5.49. The Labute approximate surface area is 126 Å². The van der Waals surface area contributed by atoms with Gasteiger partial charge < -0.3 is 5.32 Å². The summed E-state index contributed by atoms with van der Waals surface area (Å²) in [7, 11) is 0. The van der Waals surface area contributed by atoms with Gasteiger partial charge in [-0.2, -0.15) is 0 Å². The van der Waals surface area contributed by atoms with Crippen molar-refractivity contribution >= 4 is 17.4 Å². The van der Waals surface area contributed by atoms with E-state index in [4.69, 9.17) is 16.6 Å². The molecule has 1 N–H and O–H groups in total. The van der Waals surface area contributed by atoms with Gasteiger partial charge in [0.05, 0.1) is 0 Å². The molecule has 0 spiro atoms. The highest BCUT2D eigenvalue weighted by Crippen LogP contribution is 2.40. The second-order valence-corrected chi connectivity index (χ2v) is 6.83. The van der Waals surface area contributed by atoms with Crippen LogP contribution in [0.25, 0.3) is 0 Å². The smallest absolute Gasteiger partial charge is 0.137 e. The van der Waals surface area contributed by atoms with Crippen molar-refractivity contribution < 1.29 is 0 Å². The summed E-state index contributed by atoms with van der Waals surface area (Å²) in [4.78, 5) is 9.17. The zero-order chi connectivity index (χ0) is 14.3. The Kier molecular flexibility index (Phi) is 3.89. The molecule has 0 radical (unpaired) electrons. The van der Waals surface area contributed by atoms with E-state index in [0.29, 0.717) is 23.0 Å². The van der Waals surface area contributed by atoms with E-state index in [2.05, 4.69) is 24.1 Å². The van der Waals surface area contributed by atoms with Crippen LogP contribution in [0.2, 0.25) is 5.15 Å². The molecule has 0 amide bonds. The van der Waals surface area contributed by atoms with Crippen LogP contribution >= 0.6 is 11.6 Å².